The maximum atomic E-state index is 12.4. The highest BCUT2D eigenvalue weighted by Crippen LogP contribution is 2.29. The molecule has 0 saturated heterocycles. The van der Waals surface area contributed by atoms with E-state index in [2.05, 4.69) is 5.32 Å². The van der Waals surface area contributed by atoms with E-state index in [0.717, 1.165) is 11.1 Å². The average Bonchev–Trinajstić information content (AvgIpc) is 2.85. The van der Waals surface area contributed by atoms with Gasteiger partial charge in [0.1, 0.15) is 18.2 Å². The van der Waals surface area contributed by atoms with Crippen LogP contribution < -0.4 is 14.8 Å². The molecule has 0 fully saturated rings. The number of nitrogens with one attached hydrogen (secondary N) is 1. The Morgan fingerprint density at radius 2 is 1.73 bits per heavy atom. The number of aromatic carboxylic acids is 1. The van der Waals surface area contributed by atoms with Gasteiger partial charge in [0.2, 0.25) is 0 Å². The zero-order valence-corrected chi connectivity index (χ0v) is 17.9. The van der Waals surface area contributed by atoms with Crippen LogP contribution >= 0.6 is 0 Å². The van der Waals surface area contributed by atoms with E-state index < -0.39 is 11.9 Å². The number of hydrogen-bond donors (Lipinski definition) is 2. The fourth-order valence-corrected chi connectivity index (χ4v) is 2.99. The Hall–Kier alpha value is -4.57. The topological polar surface area (TPSA) is 109 Å². The molecule has 3 aromatic carbocycles. The van der Waals surface area contributed by atoms with Crippen LogP contribution in [0.25, 0.3) is 6.08 Å². The number of nitriles is 1. The number of rotatable bonds is 9. The Balaban J connectivity index is 1.68. The van der Waals surface area contributed by atoms with Crippen molar-refractivity contribution in [3.63, 3.8) is 0 Å². The second kappa shape index (κ2) is 11.2. The number of benzene rings is 3. The van der Waals surface area contributed by atoms with Gasteiger partial charge in [-0.2, -0.15) is 5.26 Å². The van der Waals surface area contributed by atoms with Gasteiger partial charge in [0, 0.05) is 6.54 Å². The maximum Gasteiger partial charge on any atom is 0.335 e. The average molecular weight is 442 g/mol. The molecule has 0 saturated carbocycles. The summed E-state index contributed by atoms with van der Waals surface area (Å²) < 4.78 is 11.2. The highest BCUT2D eigenvalue weighted by atomic mass is 16.5. The monoisotopic (exact) mass is 442 g/mol. The third-order valence-electron chi connectivity index (χ3n) is 4.75. The van der Waals surface area contributed by atoms with Crippen LogP contribution in [0.5, 0.6) is 11.5 Å². The first-order valence-electron chi connectivity index (χ1n) is 10.1. The second-order valence-electron chi connectivity index (χ2n) is 7.04. The summed E-state index contributed by atoms with van der Waals surface area (Å²) in [5.74, 6) is -0.541. The predicted octanol–water partition coefficient (Wildman–Crippen LogP) is 4.20. The summed E-state index contributed by atoms with van der Waals surface area (Å²) in [4.78, 5) is 23.4. The Bertz CT molecular complexity index is 1200. The van der Waals surface area contributed by atoms with E-state index in [1.807, 2.05) is 36.4 Å². The highest BCUT2D eigenvalue weighted by Gasteiger charge is 2.11. The van der Waals surface area contributed by atoms with E-state index in [4.69, 9.17) is 14.6 Å². The third-order valence-corrected chi connectivity index (χ3v) is 4.75. The van der Waals surface area contributed by atoms with Crippen molar-refractivity contribution in [2.24, 2.45) is 0 Å². The van der Waals surface area contributed by atoms with Gasteiger partial charge in [-0.25, -0.2) is 4.79 Å². The van der Waals surface area contributed by atoms with Gasteiger partial charge in [0.25, 0.3) is 5.91 Å². The minimum atomic E-state index is -0.988. The molecular weight excluding hydrogens is 420 g/mol. The molecule has 0 unspecified atom stereocenters. The SMILES string of the molecule is COc1cc(C=C(C#N)C(=O)NCc2ccccc2)ccc1OCc1ccc(C(=O)O)cc1. The van der Waals surface area contributed by atoms with Gasteiger partial charge >= 0.3 is 5.97 Å². The zero-order valence-electron chi connectivity index (χ0n) is 17.9. The van der Waals surface area contributed by atoms with Crippen LogP contribution in [0.2, 0.25) is 0 Å². The molecule has 33 heavy (non-hydrogen) atoms. The molecule has 0 heterocycles. The molecule has 0 spiro atoms. The van der Waals surface area contributed by atoms with Crippen molar-refractivity contribution in [1.29, 1.82) is 5.26 Å². The van der Waals surface area contributed by atoms with Crippen molar-refractivity contribution in [3.8, 4) is 17.6 Å². The normalized spacial score (nSPS) is 10.7. The van der Waals surface area contributed by atoms with Crippen LogP contribution in [-0.2, 0) is 17.9 Å². The van der Waals surface area contributed by atoms with E-state index in [9.17, 15) is 14.9 Å². The fraction of sp³-hybridized carbons (Fsp3) is 0.115. The number of carbonyl (C=O) groups is 2. The first-order chi connectivity index (χ1) is 16.0. The third kappa shape index (κ3) is 6.45. The maximum absolute atomic E-state index is 12.4. The minimum absolute atomic E-state index is 0.0276. The Morgan fingerprint density at radius 3 is 2.36 bits per heavy atom. The zero-order chi connectivity index (χ0) is 23.6. The highest BCUT2D eigenvalue weighted by molar-refractivity contribution is 6.01. The van der Waals surface area contributed by atoms with E-state index >= 15 is 0 Å². The molecule has 0 atom stereocenters. The number of carboxylic acid groups (broad SMARTS) is 1. The minimum Gasteiger partial charge on any atom is -0.493 e. The summed E-state index contributed by atoms with van der Waals surface area (Å²) in [7, 11) is 1.50. The summed E-state index contributed by atoms with van der Waals surface area (Å²) in [6, 6.07) is 22.8. The van der Waals surface area contributed by atoms with Gasteiger partial charge in [-0.15, -0.1) is 0 Å². The smallest absolute Gasteiger partial charge is 0.335 e. The van der Waals surface area contributed by atoms with E-state index in [1.54, 1.807) is 30.3 Å². The summed E-state index contributed by atoms with van der Waals surface area (Å²) in [5, 5.41) is 21.1. The van der Waals surface area contributed by atoms with E-state index in [1.165, 1.54) is 25.3 Å². The van der Waals surface area contributed by atoms with E-state index in [-0.39, 0.29) is 17.7 Å². The summed E-state index contributed by atoms with van der Waals surface area (Å²) in [6.45, 7) is 0.541. The number of methoxy groups -OCH3 is 1. The molecule has 0 aliphatic carbocycles. The van der Waals surface area contributed by atoms with Gasteiger partial charge in [-0.3, -0.25) is 4.79 Å². The lowest BCUT2D eigenvalue weighted by Gasteiger charge is -2.12. The van der Waals surface area contributed by atoms with Crippen molar-refractivity contribution < 1.29 is 24.2 Å². The van der Waals surface area contributed by atoms with Crippen molar-refractivity contribution in [2.75, 3.05) is 7.11 Å². The lowest BCUT2D eigenvalue weighted by atomic mass is 10.1. The van der Waals surface area contributed by atoms with Crippen molar-refractivity contribution in [3.05, 3.63) is 101 Å². The van der Waals surface area contributed by atoms with Crippen molar-refractivity contribution in [1.82, 2.24) is 5.32 Å². The van der Waals surface area contributed by atoms with E-state index in [0.29, 0.717) is 23.6 Å². The van der Waals surface area contributed by atoms with Crippen molar-refractivity contribution >= 4 is 18.0 Å². The largest absolute Gasteiger partial charge is 0.493 e. The molecule has 0 aromatic heterocycles. The first-order valence-corrected chi connectivity index (χ1v) is 10.1. The van der Waals surface area contributed by atoms with Gasteiger partial charge in [0.15, 0.2) is 11.5 Å². The molecule has 7 nitrogen and oxygen atoms in total. The van der Waals surface area contributed by atoms with Crippen LogP contribution in [0.4, 0.5) is 0 Å². The molecule has 0 aliphatic rings. The van der Waals surface area contributed by atoms with Crippen LogP contribution in [0, 0.1) is 11.3 Å². The number of nitrogens with zero attached hydrogens (tertiary/aromatic N) is 1. The van der Waals surface area contributed by atoms with Crippen molar-refractivity contribution in [2.45, 2.75) is 13.2 Å². The van der Waals surface area contributed by atoms with Crippen LogP contribution in [-0.4, -0.2) is 24.1 Å². The number of hydrogen-bond acceptors (Lipinski definition) is 5. The Labute approximate surface area is 191 Å². The lowest BCUT2D eigenvalue weighted by molar-refractivity contribution is -0.117. The standard InChI is InChI=1S/C26H22N2O5/c1-32-24-14-20(13-22(15-27)25(29)28-16-18-5-3-2-4-6-18)9-12-23(24)33-17-19-7-10-21(11-8-19)26(30)31/h2-14H,16-17H2,1H3,(H,28,29)(H,30,31). The van der Waals surface area contributed by atoms with Crippen LogP contribution in [0.1, 0.15) is 27.0 Å². The van der Waals surface area contributed by atoms with Crippen LogP contribution in [0.3, 0.4) is 0 Å². The Morgan fingerprint density at radius 1 is 1.00 bits per heavy atom. The number of carbonyl (C=O) groups excluding carboxylic acids is 1. The summed E-state index contributed by atoms with van der Waals surface area (Å²) >= 11 is 0. The number of carboxylic acids is 1. The van der Waals surface area contributed by atoms with Crippen LogP contribution in [0.15, 0.2) is 78.4 Å². The van der Waals surface area contributed by atoms with Gasteiger partial charge in [0.05, 0.1) is 12.7 Å². The fourth-order valence-electron chi connectivity index (χ4n) is 2.99. The molecule has 3 aromatic rings. The molecule has 166 valence electrons. The number of amides is 1. The first kappa shape index (κ1) is 23.1. The molecule has 0 aliphatic heterocycles. The molecular formula is C26H22N2O5. The quantitative estimate of drug-likeness (QED) is 0.380. The summed E-state index contributed by atoms with van der Waals surface area (Å²) in [6.07, 6.45) is 1.48. The molecule has 1 amide bonds. The van der Waals surface area contributed by atoms with Gasteiger partial charge in [-0.05, 0) is 47.0 Å². The molecule has 7 heteroatoms. The number of ether oxygens (including phenoxy) is 2. The Kier molecular flexibility index (Phi) is 7.81. The predicted molar refractivity (Wildman–Crippen MR) is 123 cm³/mol. The molecule has 2 N–H and O–H groups in total. The summed E-state index contributed by atoms with van der Waals surface area (Å²) in [5.41, 5.74) is 2.52. The molecule has 0 bridgehead atoms. The molecule has 0 radical (unpaired) electrons. The second-order valence-corrected chi connectivity index (χ2v) is 7.04. The molecule has 3 rings (SSSR count). The lowest BCUT2D eigenvalue weighted by Crippen LogP contribution is -2.23. The van der Waals surface area contributed by atoms with Gasteiger partial charge < -0.3 is 19.9 Å². The van der Waals surface area contributed by atoms with Gasteiger partial charge in [-0.1, -0.05) is 48.5 Å².